The smallest absolute Gasteiger partial charge is 0.261 e. The van der Waals surface area contributed by atoms with Crippen LogP contribution in [0.3, 0.4) is 0 Å². The van der Waals surface area contributed by atoms with Crippen molar-refractivity contribution in [2.45, 2.75) is 11.8 Å². The molecule has 7 nitrogen and oxygen atoms in total. The number of hydrogen-bond donors (Lipinski definition) is 2. The molecule has 0 aliphatic heterocycles. The maximum absolute atomic E-state index is 12.8. The van der Waals surface area contributed by atoms with Gasteiger partial charge in [0.15, 0.2) is 0 Å². The van der Waals surface area contributed by atoms with Crippen LogP contribution in [-0.2, 0) is 10.0 Å². The molecule has 0 saturated carbocycles. The lowest BCUT2D eigenvalue weighted by Gasteiger charge is -2.11. The van der Waals surface area contributed by atoms with Crippen molar-refractivity contribution in [3.63, 3.8) is 0 Å². The fraction of sp³-hybridized carbons (Fsp3) is 0.0455. The van der Waals surface area contributed by atoms with E-state index in [9.17, 15) is 13.2 Å². The number of carbonyl (C=O) groups excluding carboxylic acids is 1. The van der Waals surface area contributed by atoms with Crippen LogP contribution in [0.1, 0.15) is 15.9 Å². The van der Waals surface area contributed by atoms with Crippen LogP contribution in [0.15, 0.2) is 71.6 Å². The fourth-order valence-electron chi connectivity index (χ4n) is 2.84. The Morgan fingerprint density at radius 1 is 0.939 bits per heavy atom. The summed E-state index contributed by atoms with van der Waals surface area (Å²) >= 11 is 13.3. The third-order valence-electron chi connectivity index (χ3n) is 4.53. The van der Waals surface area contributed by atoms with Gasteiger partial charge >= 0.3 is 0 Å². The first kappa shape index (κ1) is 23.2. The van der Waals surface area contributed by atoms with E-state index in [2.05, 4.69) is 20.2 Å². The third kappa shape index (κ3) is 5.51. The van der Waals surface area contributed by atoms with Gasteiger partial charge < -0.3 is 0 Å². The van der Waals surface area contributed by atoms with Gasteiger partial charge in [-0.25, -0.2) is 8.42 Å². The van der Waals surface area contributed by atoms with Gasteiger partial charge in [-0.05, 0) is 49.4 Å². The SMILES string of the molecule is Cc1ccc(S(=O)(=O)Nc2ccc(Cl)c(C(=O)Nc3nnc(-c4ccc(Cl)cc4)s3)c2)cc1. The van der Waals surface area contributed by atoms with Gasteiger partial charge in [0.1, 0.15) is 5.01 Å². The predicted octanol–water partition coefficient (Wildman–Crippen LogP) is 5.87. The normalized spacial score (nSPS) is 11.2. The minimum Gasteiger partial charge on any atom is -0.296 e. The number of halogens is 2. The number of rotatable bonds is 6. The molecule has 1 heterocycles. The molecule has 0 radical (unpaired) electrons. The lowest BCUT2D eigenvalue weighted by Crippen LogP contribution is -2.15. The van der Waals surface area contributed by atoms with Crippen molar-refractivity contribution in [3.05, 3.63) is 87.9 Å². The lowest BCUT2D eigenvalue weighted by atomic mass is 10.2. The number of nitrogens with zero attached hydrogens (tertiary/aromatic N) is 2. The molecule has 0 fully saturated rings. The Kier molecular flexibility index (Phi) is 6.66. The van der Waals surface area contributed by atoms with Gasteiger partial charge in [-0.3, -0.25) is 14.8 Å². The summed E-state index contributed by atoms with van der Waals surface area (Å²) in [6.07, 6.45) is 0. The van der Waals surface area contributed by atoms with Gasteiger partial charge in [-0.1, -0.05) is 64.4 Å². The molecule has 11 heteroatoms. The number of nitrogens with one attached hydrogen (secondary N) is 2. The van der Waals surface area contributed by atoms with Crippen LogP contribution >= 0.6 is 34.5 Å². The van der Waals surface area contributed by atoms with E-state index in [1.807, 2.05) is 6.92 Å². The van der Waals surface area contributed by atoms with Crippen LogP contribution in [0.5, 0.6) is 0 Å². The Labute approximate surface area is 204 Å². The lowest BCUT2D eigenvalue weighted by molar-refractivity contribution is 0.102. The largest absolute Gasteiger partial charge is 0.296 e. The van der Waals surface area contributed by atoms with Crippen molar-refractivity contribution >= 4 is 61.3 Å². The Bertz CT molecular complexity index is 1420. The molecule has 0 saturated heterocycles. The molecule has 0 atom stereocenters. The molecule has 4 rings (SSSR count). The summed E-state index contributed by atoms with van der Waals surface area (Å²) in [4.78, 5) is 12.9. The zero-order valence-electron chi connectivity index (χ0n) is 17.0. The minimum absolute atomic E-state index is 0.0871. The van der Waals surface area contributed by atoms with Gasteiger partial charge in [-0.2, -0.15) is 0 Å². The molecule has 33 heavy (non-hydrogen) atoms. The topological polar surface area (TPSA) is 101 Å². The highest BCUT2D eigenvalue weighted by Gasteiger charge is 2.18. The molecule has 168 valence electrons. The molecule has 0 spiro atoms. The summed E-state index contributed by atoms with van der Waals surface area (Å²) in [7, 11) is -3.83. The zero-order valence-corrected chi connectivity index (χ0v) is 20.2. The summed E-state index contributed by atoms with van der Waals surface area (Å²) in [5.74, 6) is -0.546. The second kappa shape index (κ2) is 9.48. The number of amides is 1. The monoisotopic (exact) mass is 518 g/mol. The molecule has 1 aromatic heterocycles. The summed E-state index contributed by atoms with van der Waals surface area (Å²) in [6, 6.07) is 17.8. The first-order valence-electron chi connectivity index (χ1n) is 9.51. The van der Waals surface area contributed by atoms with E-state index in [-0.39, 0.29) is 26.3 Å². The molecule has 0 bridgehead atoms. The summed E-state index contributed by atoms with van der Waals surface area (Å²) in [6.45, 7) is 1.87. The Morgan fingerprint density at radius 2 is 1.64 bits per heavy atom. The van der Waals surface area contributed by atoms with Crippen LogP contribution in [-0.4, -0.2) is 24.5 Å². The first-order chi connectivity index (χ1) is 15.7. The maximum Gasteiger partial charge on any atom is 0.261 e. The molecular formula is C22H16Cl2N4O3S2. The van der Waals surface area contributed by atoms with Crippen LogP contribution in [0, 0.1) is 6.92 Å². The van der Waals surface area contributed by atoms with Crippen molar-refractivity contribution in [2.24, 2.45) is 0 Å². The standard InChI is InChI=1S/C22H16Cl2N4O3S2/c1-13-2-9-17(10-3-13)33(30,31)28-16-8-11-19(24)18(12-16)20(29)25-22-27-26-21(32-22)14-4-6-15(23)7-5-14/h2-12,28H,1H3,(H,25,27,29). The number of sulfonamides is 1. The molecule has 2 N–H and O–H groups in total. The number of hydrogen-bond acceptors (Lipinski definition) is 6. The molecular weight excluding hydrogens is 503 g/mol. The fourth-order valence-corrected chi connectivity index (χ4v) is 4.96. The number of aryl methyl sites for hydroxylation is 1. The van der Waals surface area contributed by atoms with Crippen molar-refractivity contribution in [2.75, 3.05) is 10.0 Å². The minimum atomic E-state index is -3.83. The molecule has 3 aromatic carbocycles. The van der Waals surface area contributed by atoms with Crippen LogP contribution < -0.4 is 10.0 Å². The Morgan fingerprint density at radius 3 is 2.33 bits per heavy atom. The summed E-state index contributed by atoms with van der Waals surface area (Å²) in [5.41, 5.74) is 2.03. The summed E-state index contributed by atoms with van der Waals surface area (Å²) < 4.78 is 27.8. The van der Waals surface area contributed by atoms with Gasteiger partial charge in [0.05, 0.1) is 15.5 Å². The van der Waals surface area contributed by atoms with E-state index in [1.165, 1.54) is 41.7 Å². The number of carbonyl (C=O) groups is 1. The third-order valence-corrected chi connectivity index (χ3v) is 7.40. The van der Waals surface area contributed by atoms with Crippen molar-refractivity contribution < 1.29 is 13.2 Å². The second-order valence-electron chi connectivity index (χ2n) is 6.99. The van der Waals surface area contributed by atoms with E-state index in [1.54, 1.807) is 36.4 Å². The van der Waals surface area contributed by atoms with E-state index < -0.39 is 15.9 Å². The van der Waals surface area contributed by atoms with Gasteiger partial charge in [0.2, 0.25) is 5.13 Å². The van der Waals surface area contributed by atoms with Crippen LogP contribution in [0.25, 0.3) is 10.6 Å². The zero-order chi connectivity index (χ0) is 23.6. The number of benzene rings is 3. The maximum atomic E-state index is 12.8. The van der Waals surface area contributed by atoms with E-state index >= 15 is 0 Å². The Balaban J connectivity index is 1.52. The summed E-state index contributed by atoms with van der Waals surface area (Å²) in [5, 5.41) is 12.3. The van der Waals surface area contributed by atoms with Gasteiger partial charge in [0, 0.05) is 16.3 Å². The van der Waals surface area contributed by atoms with Crippen molar-refractivity contribution in [3.8, 4) is 10.6 Å². The van der Waals surface area contributed by atoms with Crippen LogP contribution in [0.4, 0.5) is 10.8 Å². The van der Waals surface area contributed by atoms with Gasteiger partial charge in [-0.15, -0.1) is 10.2 Å². The van der Waals surface area contributed by atoms with Gasteiger partial charge in [0.25, 0.3) is 15.9 Å². The van der Waals surface area contributed by atoms with Crippen LogP contribution in [0.2, 0.25) is 10.0 Å². The first-order valence-corrected chi connectivity index (χ1v) is 12.6. The molecule has 0 aliphatic rings. The average molecular weight is 519 g/mol. The molecule has 4 aromatic rings. The van der Waals surface area contributed by atoms with E-state index in [0.29, 0.717) is 10.0 Å². The highest BCUT2D eigenvalue weighted by atomic mass is 35.5. The molecule has 0 unspecified atom stereocenters. The number of anilines is 2. The molecule has 1 amide bonds. The highest BCUT2D eigenvalue weighted by molar-refractivity contribution is 7.92. The Hall–Kier alpha value is -2.98. The second-order valence-corrected chi connectivity index (χ2v) is 10.5. The van der Waals surface area contributed by atoms with E-state index in [0.717, 1.165) is 11.1 Å². The molecule has 0 aliphatic carbocycles. The van der Waals surface area contributed by atoms with E-state index in [4.69, 9.17) is 23.2 Å². The van der Waals surface area contributed by atoms with Crippen molar-refractivity contribution in [1.29, 1.82) is 0 Å². The average Bonchev–Trinajstić information content (AvgIpc) is 3.24. The highest BCUT2D eigenvalue weighted by Crippen LogP contribution is 2.29. The predicted molar refractivity (Wildman–Crippen MR) is 132 cm³/mol. The number of aromatic nitrogens is 2. The quantitative estimate of drug-likeness (QED) is 0.332. The van der Waals surface area contributed by atoms with Crippen molar-refractivity contribution in [1.82, 2.24) is 10.2 Å².